The molecule has 0 fully saturated rings. The normalized spacial score (nSPS) is 12.4. The number of unbranched alkanes of at least 4 members (excludes halogenated alkanes) is 26. The topological polar surface area (TPSA) is 94.6 Å². The van der Waals surface area contributed by atoms with E-state index in [0.717, 1.165) is 96.7 Å². The highest BCUT2D eigenvalue weighted by molar-refractivity contribution is 5.76. The van der Waals surface area contributed by atoms with Crippen LogP contribution < -0.4 is 0 Å². The van der Waals surface area contributed by atoms with Crippen LogP contribution in [0, 0.1) is 0 Å². The third-order valence-corrected chi connectivity index (χ3v) is 13.9. The number of hydrogen-bond acceptors (Lipinski definition) is 8. The van der Waals surface area contributed by atoms with Crippen LogP contribution in [0.2, 0.25) is 0 Å². The molecule has 0 aromatic rings. The fourth-order valence-electron chi connectivity index (χ4n) is 8.97. The molecule has 0 saturated carbocycles. The maximum absolute atomic E-state index is 13.9. The summed E-state index contributed by atoms with van der Waals surface area (Å²) in [5.74, 6) is -0.237. The first-order chi connectivity index (χ1) is 35.9. The lowest BCUT2D eigenvalue weighted by atomic mass is 10.0. The van der Waals surface area contributed by atoms with Gasteiger partial charge in [-0.25, -0.2) is 4.79 Å². The largest absolute Gasteiger partial charge is 0.508 e. The molecule has 0 spiro atoms. The quantitative estimate of drug-likeness (QED) is 0.0338. The first kappa shape index (κ1) is 70.1. The van der Waals surface area contributed by atoms with Crippen LogP contribution in [0.5, 0.6) is 0 Å². The van der Waals surface area contributed by atoms with Crippen LogP contribution in [0.25, 0.3) is 0 Å². The number of rotatable bonds is 56. The van der Waals surface area contributed by atoms with Crippen LogP contribution in [0.4, 0.5) is 4.79 Å². The van der Waals surface area contributed by atoms with Gasteiger partial charge in [-0.05, 0) is 116 Å². The third kappa shape index (κ3) is 52.3. The third-order valence-electron chi connectivity index (χ3n) is 13.9. The second kappa shape index (κ2) is 58.4. The predicted octanol–water partition coefficient (Wildman–Crippen LogP) is 18.3. The molecule has 0 radical (unpaired) electrons. The highest BCUT2D eigenvalue weighted by Gasteiger charge is 2.21. The number of esters is 1. The molecule has 0 rings (SSSR count). The van der Waals surface area contributed by atoms with Gasteiger partial charge in [0.25, 0.3) is 0 Å². The number of nitrogens with zero attached hydrogens (tertiary/aromatic N) is 2. The second-order valence-electron chi connectivity index (χ2n) is 20.5. The van der Waals surface area contributed by atoms with Gasteiger partial charge in [-0.2, -0.15) is 0 Å². The van der Waals surface area contributed by atoms with E-state index in [0.29, 0.717) is 52.2 Å². The van der Waals surface area contributed by atoms with Gasteiger partial charge in [0.15, 0.2) is 0 Å². The number of allylic oxidation sites excluding steroid dienone is 8. The van der Waals surface area contributed by atoms with E-state index in [9.17, 15) is 14.4 Å². The molecule has 0 heterocycles. The van der Waals surface area contributed by atoms with E-state index in [1.807, 2.05) is 0 Å². The summed E-state index contributed by atoms with van der Waals surface area (Å²) < 4.78 is 23.1. The van der Waals surface area contributed by atoms with Gasteiger partial charge in [0.05, 0.1) is 19.8 Å². The van der Waals surface area contributed by atoms with Crippen LogP contribution in [-0.2, 0) is 28.5 Å². The number of hydrogen-bond donors (Lipinski definition) is 0. The van der Waals surface area contributed by atoms with Crippen molar-refractivity contribution in [1.29, 1.82) is 0 Å². The number of ether oxygens (including phenoxy) is 4. The van der Waals surface area contributed by atoms with Crippen LogP contribution in [-0.4, -0.2) is 93.1 Å². The average Bonchev–Trinajstić information content (AvgIpc) is 3.39. The van der Waals surface area contributed by atoms with Crippen molar-refractivity contribution in [3.8, 4) is 0 Å². The zero-order valence-corrected chi connectivity index (χ0v) is 48.7. The fraction of sp³-hybridized carbons (Fsp3) is 0.828. The Hall–Kier alpha value is -2.91. The molecule has 0 N–H and O–H groups in total. The fourth-order valence-corrected chi connectivity index (χ4v) is 8.97. The SMILES string of the molecule is CCCCC/C=C\C/C=C\CCCCCCCCOCCN(CCOC(=O)CCCCCCC/C=C\C/C=C\CCCCC)C(=O)CCC(CCCCCCCCCCCC)OC(=O)OCCCN(CC)CC. The van der Waals surface area contributed by atoms with Gasteiger partial charge in [0.2, 0.25) is 5.91 Å². The van der Waals surface area contributed by atoms with Gasteiger partial charge >= 0.3 is 12.1 Å². The molecule has 1 atom stereocenters. The Balaban J connectivity index is 5.05. The standard InChI is InChI=1S/C64H118N2O7/c1-6-11-14-17-20-23-26-28-30-32-34-36-39-42-45-48-57-70-59-55-66(56-60-71-63(68)51-47-44-41-38-35-33-31-29-27-24-21-18-15-12-7-2)62(67)53-52-61(50-46-43-40-37-25-22-19-16-13-8-3)73-64(69)72-58-49-54-65(9-4)10-5/h20-21,23-24,28-31,61H,6-19,22,25-27,32-60H2,1-5H3/b23-20-,24-21-,30-28-,31-29-. The molecule has 73 heavy (non-hydrogen) atoms. The summed E-state index contributed by atoms with van der Waals surface area (Å²) >= 11 is 0. The monoisotopic (exact) mass is 1030 g/mol. The van der Waals surface area contributed by atoms with Gasteiger partial charge in [-0.1, -0.05) is 212 Å². The minimum atomic E-state index is -0.644. The first-order valence-electron chi connectivity index (χ1n) is 31.1. The van der Waals surface area contributed by atoms with E-state index in [1.165, 1.54) is 141 Å². The zero-order chi connectivity index (χ0) is 53.2. The van der Waals surface area contributed by atoms with Crippen LogP contribution in [0.15, 0.2) is 48.6 Å². The minimum Gasteiger partial charge on any atom is -0.464 e. The minimum absolute atomic E-state index is 0.0358. The van der Waals surface area contributed by atoms with Crippen LogP contribution in [0.3, 0.4) is 0 Å². The summed E-state index contributed by atoms with van der Waals surface area (Å²) in [5, 5.41) is 0. The van der Waals surface area contributed by atoms with Gasteiger partial charge < -0.3 is 28.7 Å². The molecule has 0 bridgehead atoms. The summed E-state index contributed by atoms with van der Waals surface area (Å²) in [4.78, 5) is 43.6. The summed E-state index contributed by atoms with van der Waals surface area (Å²) in [6.45, 7) is 16.2. The number of carbonyl (C=O) groups excluding carboxylic acids is 3. The Morgan fingerprint density at radius 1 is 0.397 bits per heavy atom. The Kier molecular flexibility index (Phi) is 56.0. The van der Waals surface area contributed by atoms with E-state index in [1.54, 1.807) is 4.90 Å². The summed E-state index contributed by atoms with van der Waals surface area (Å²) in [6.07, 6.45) is 59.2. The molecule has 0 aromatic carbocycles. The Morgan fingerprint density at radius 2 is 0.849 bits per heavy atom. The molecule has 9 nitrogen and oxygen atoms in total. The van der Waals surface area contributed by atoms with Crippen molar-refractivity contribution in [2.24, 2.45) is 0 Å². The highest BCUT2D eigenvalue weighted by atomic mass is 16.7. The van der Waals surface area contributed by atoms with Crippen molar-refractivity contribution < 1.29 is 33.3 Å². The molecule has 1 amide bonds. The van der Waals surface area contributed by atoms with Crippen molar-refractivity contribution in [2.75, 3.05) is 59.2 Å². The van der Waals surface area contributed by atoms with E-state index in [2.05, 4.69) is 88.1 Å². The van der Waals surface area contributed by atoms with Gasteiger partial charge in [0.1, 0.15) is 12.7 Å². The number of amides is 1. The molecule has 0 aromatic heterocycles. The van der Waals surface area contributed by atoms with Gasteiger partial charge in [-0.3, -0.25) is 9.59 Å². The van der Waals surface area contributed by atoms with E-state index >= 15 is 0 Å². The Bertz CT molecular complexity index is 1310. The molecule has 426 valence electrons. The Morgan fingerprint density at radius 3 is 1.38 bits per heavy atom. The van der Waals surface area contributed by atoms with Crippen molar-refractivity contribution in [3.05, 3.63) is 48.6 Å². The molecule has 0 aliphatic carbocycles. The lowest BCUT2D eigenvalue weighted by Gasteiger charge is -2.24. The molecule has 0 aliphatic rings. The van der Waals surface area contributed by atoms with Crippen molar-refractivity contribution in [3.63, 3.8) is 0 Å². The molecular weight excluding hydrogens is 909 g/mol. The lowest BCUT2D eigenvalue weighted by molar-refractivity contribution is -0.146. The summed E-state index contributed by atoms with van der Waals surface area (Å²) in [5.41, 5.74) is 0. The van der Waals surface area contributed by atoms with Crippen LogP contribution in [0.1, 0.15) is 279 Å². The van der Waals surface area contributed by atoms with Crippen molar-refractivity contribution in [2.45, 2.75) is 285 Å². The molecule has 0 saturated heterocycles. The van der Waals surface area contributed by atoms with E-state index in [-0.39, 0.29) is 24.9 Å². The maximum atomic E-state index is 13.9. The lowest BCUT2D eigenvalue weighted by Crippen LogP contribution is -2.37. The zero-order valence-electron chi connectivity index (χ0n) is 48.7. The summed E-state index contributed by atoms with van der Waals surface area (Å²) in [6, 6.07) is 0. The maximum Gasteiger partial charge on any atom is 0.508 e. The van der Waals surface area contributed by atoms with Crippen LogP contribution >= 0.6 is 0 Å². The molecular formula is C64H118N2O7. The second-order valence-corrected chi connectivity index (χ2v) is 20.5. The highest BCUT2D eigenvalue weighted by Crippen LogP contribution is 2.18. The van der Waals surface area contributed by atoms with Gasteiger partial charge in [-0.15, -0.1) is 0 Å². The van der Waals surface area contributed by atoms with E-state index < -0.39 is 12.3 Å². The van der Waals surface area contributed by atoms with Gasteiger partial charge in [0, 0.05) is 32.5 Å². The molecule has 9 heteroatoms. The smallest absolute Gasteiger partial charge is 0.464 e. The average molecular weight is 1030 g/mol. The molecule has 0 aliphatic heterocycles. The van der Waals surface area contributed by atoms with E-state index in [4.69, 9.17) is 18.9 Å². The van der Waals surface area contributed by atoms with Crippen molar-refractivity contribution in [1.82, 2.24) is 9.80 Å². The summed E-state index contributed by atoms with van der Waals surface area (Å²) in [7, 11) is 0. The predicted molar refractivity (Wildman–Crippen MR) is 311 cm³/mol. The Labute approximate surface area is 451 Å². The number of carbonyl (C=O) groups is 3. The molecule has 1 unspecified atom stereocenters. The van der Waals surface area contributed by atoms with Crippen molar-refractivity contribution >= 4 is 18.0 Å². The first-order valence-corrected chi connectivity index (χ1v) is 31.1.